The summed E-state index contributed by atoms with van der Waals surface area (Å²) in [5.74, 6) is 0.396. The molecule has 0 saturated carbocycles. The number of hydrogen-bond acceptors (Lipinski definition) is 5. The fraction of sp³-hybridized carbons (Fsp3) is 0.167. The number of carbonyl (C=O) groups is 2. The van der Waals surface area contributed by atoms with Crippen molar-refractivity contribution in [1.29, 1.82) is 0 Å². The summed E-state index contributed by atoms with van der Waals surface area (Å²) in [6, 6.07) is 3.47. The first kappa shape index (κ1) is 12.7. The molecule has 0 N–H and O–H groups in total. The zero-order chi connectivity index (χ0) is 14.2. The molecule has 0 aromatic heterocycles. The predicted octanol–water partition coefficient (Wildman–Crippen LogP) is 0.969. The van der Waals surface area contributed by atoms with Crippen LogP contribution >= 0.6 is 0 Å². The van der Waals surface area contributed by atoms with Gasteiger partial charge in [-0.3, -0.25) is 24.6 Å². The summed E-state index contributed by atoms with van der Waals surface area (Å²) in [7, 11) is 0. The molecule has 1 aliphatic rings. The molecule has 0 radical (unpaired) electrons. The number of benzene rings is 1. The van der Waals surface area contributed by atoms with Crippen LogP contribution in [-0.2, 0) is 4.79 Å². The molecule has 1 aromatic rings. The number of imide groups is 1. The second kappa shape index (κ2) is 4.47. The number of nitrogens with zero attached hydrogens (tertiary/aromatic N) is 2. The molecular formula is C12H8N2O5. The lowest BCUT2D eigenvalue weighted by Gasteiger charge is -2.11. The SMILES string of the molecule is CC(=C=O)CN1C(=O)c2ccc([N+](=O)[O-])cc2C1=O. The fourth-order valence-electron chi connectivity index (χ4n) is 1.81. The number of amides is 2. The van der Waals surface area contributed by atoms with Crippen LogP contribution in [-0.4, -0.2) is 34.1 Å². The minimum atomic E-state index is -0.642. The van der Waals surface area contributed by atoms with Gasteiger partial charge in [0.05, 0.1) is 22.6 Å². The Morgan fingerprint density at radius 3 is 2.53 bits per heavy atom. The Balaban J connectivity index is 2.44. The maximum Gasteiger partial charge on any atom is 0.270 e. The normalized spacial score (nSPS) is 13.2. The minimum absolute atomic E-state index is 0.0158. The number of rotatable bonds is 3. The third kappa shape index (κ3) is 2.02. The topological polar surface area (TPSA) is 97.6 Å². The standard InChI is InChI=1S/C12H8N2O5/c1-7(6-15)5-13-11(16)9-3-2-8(14(18)19)4-10(9)12(13)17/h2-4H,5H2,1H3. The first-order chi connectivity index (χ1) is 8.95. The molecule has 2 amide bonds. The summed E-state index contributed by atoms with van der Waals surface area (Å²) in [6.45, 7) is 1.28. The van der Waals surface area contributed by atoms with Crippen molar-refractivity contribution in [1.82, 2.24) is 4.90 Å². The molecule has 7 heteroatoms. The molecule has 1 aromatic carbocycles. The Morgan fingerprint density at radius 1 is 1.32 bits per heavy atom. The zero-order valence-electron chi connectivity index (χ0n) is 9.87. The number of hydrogen-bond donors (Lipinski definition) is 0. The highest BCUT2D eigenvalue weighted by Crippen LogP contribution is 2.26. The summed E-state index contributed by atoms with van der Waals surface area (Å²) in [5, 5.41) is 10.6. The third-order valence-corrected chi connectivity index (χ3v) is 2.73. The second-order valence-electron chi connectivity index (χ2n) is 4.07. The van der Waals surface area contributed by atoms with Crippen LogP contribution in [0.25, 0.3) is 0 Å². The Bertz CT molecular complexity index is 658. The zero-order valence-corrected chi connectivity index (χ0v) is 9.87. The van der Waals surface area contributed by atoms with Gasteiger partial charge in [-0.15, -0.1) is 0 Å². The van der Waals surface area contributed by atoms with E-state index in [1.807, 2.05) is 0 Å². The van der Waals surface area contributed by atoms with E-state index >= 15 is 0 Å². The average molecular weight is 260 g/mol. The van der Waals surface area contributed by atoms with E-state index in [9.17, 15) is 24.5 Å². The van der Waals surface area contributed by atoms with Crippen molar-refractivity contribution < 1.29 is 19.3 Å². The molecule has 0 fully saturated rings. The molecule has 1 aliphatic heterocycles. The molecule has 0 saturated heterocycles. The monoisotopic (exact) mass is 260 g/mol. The second-order valence-corrected chi connectivity index (χ2v) is 4.07. The highest BCUT2D eigenvalue weighted by Gasteiger charge is 2.36. The highest BCUT2D eigenvalue weighted by atomic mass is 16.6. The summed E-state index contributed by atoms with van der Waals surface area (Å²) in [5.41, 5.74) is 0.0283. The molecule has 0 aliphatic carbocycles. The van der Waals surface area contributed by atoms with E-state index in [-0.39, 0.29) is 28.9 Å². The first-order valence-electron chi connectivity index (χ1n) is 5.31. The molecule has 0 bridgehead atoms. The Hall–Kier alpha value is -2.79. The lowest BCUT2D eigenvalue weighted by atomic mass is 10.1. The van der Waals surface area contributed by atoms with Crippen molar-refractivity contribution in [3.05, 3.63) is 45.0 Å². The first-order valence-corrected chi connectivity index (χ1v) is 5.31. The molecule has 0 spiro atoms. The molecule has 96 valence electrons. The van der Waals surface area contributed by atoms with Gasteiger partial charge in [0.15, 0.2) is 0 Å². The maximum absolute atomic E-state index is 12.0. The largest absolute Gasteiger partial charge is 0.270 e. The van der Waals surface area contributed by atoms with Crippen LogP contribution in [0, 0.1) is 10.1 Å². The van der Waals surface area contributed by atoms with Crippen molar-refractivity contribution in [3.63, 3.8) is 0 Å². The van der Waals surface area contributed by atoms with E-state index in [1.54, 1.807) is 5.94 Å². The fourth-order valence-corrected chi connectivity index (χ4v) is 1.81. The van der Waals surface area contributed by atoms with Crippen LogP contribution in [0.5, 0.6) is 0 Å². The molecule has 1 heterocycles. The van der Waals surface area contributed by atoms with Gasteiger partial charge in [-0.1, -0.05) is 0 Å². The van der Waals surface area contributed by atoms with E-state index in [2.05, 4.69) is 0 Å². The molecule has 0 unspecified atom stereocenters. The van der Waals surface area contributed by atoms with Gasteiger partial charge in [-0.05, 0) is 13.0 Å². The van der Waals surface area contributed by atoms with E-state index in [1.165, 1.54) is 13.0 Å². The van der Waals surface area contributed by atoms with E-state index in [0.29, 0.717) is 0 Å². The number of carbonyl (C=O) groups excluding carboxylic acids is 3. The molecule has 2 rings (SSSR count). The number of non-ortho nitro benzene ring substituents is 1. The van der Waals surface area contributed by atoms with Gasteiger partial charge in [-0.25, -0.2) is 4.79 Å². The van der Waals surface area contributed by atoms with E-state index in [4.69, 9.17) is 0 Å². The van der Waals surface area contributed by atoms with Crippen LogP contribution in [0.15, 0.2) is 23.8 Å². The third-order valence-electron chi connectivity index (χ3n) is 2.73. The lowest BCUT2D eigenvalue weighted by Crippen LogP contribution is -2.31. The number of fused-ring (bicyclic) bond motifs is 1. The predicted molar refractivity (Wildman–Crippen MR) is 63.3 cm³/mol. The van der Waals surface area contributed by atoms with Crippen LogP contribution < -0.4 is 0 Å². The van der Waals surface area contributed by atoms with E-state index in [0.717, 1.165) is 17.0 Å². The molecule has 0 atom stereocenters. The summed E-state index contributed by atoms with van der Waals surface area (Å²) >= 11 is 0. The Labute approximate surface area is 107 Å². The number of nitro groups is 1. The Morgan fingerprint density at radius 2 is 1.95 bits per heavy atom. The van der Waals surface area contributed by atoms with E-state index < -0.39 is 16.7 Å². The van der Waals surface area contributed by atoms with Crippen LogP contribution in [0.1, 0.15) is 27.6 Å². The van der Waals surface area contributed by atoms with Gasteiger partial charge >= 0.3 is 0 Å². The maximum atomic E-state index is 12.0. The van der Waals surface area contributed by atoms with Gasteiger partial charge in [0.2, 0.25) is 0 Å². The molecule has 19 heavy (non-hydrogen) atoms. The van der Waals surface area contributed by atoms with Crippen molar-refractivity contribution in [2.75, 3.05) is 6.54 Å². The van der Waals surface area contributed by atoms with Crippen LogP contribution in [0.4, 0.5) is 5.69 Å². The van der Waals surface area contributed by atoms with Gasteiger partial charge in [0, 0.05) is 17.7 Å². The minimum Gasteiger partial charge on any atom is -0.269 e. The van der Waals surface area contributed by atoms with Gasteiger partial charge in [0.1, 0.15) is 5.94 Å². The van der Waals surface area contributed by atoms with Crippen molar-refractivity contribution >= 4 is 23.4 Å². The Kier molecular flexibility index (Phi) is 2.98. The molecule has 7 nitrogen and oxygen atoms in total. The van der Waals surface area contributed by atoms with Crippen molar-refractivity contribution in [2.45, 2.75) is 6.92 Å². The lowest BCUT2D eigenvalue weighted by molar-refractivity contribution is -0.384. The summed E-state index contributed by atoms with van der Waals surface area (Å²) in [6.07, 6.45) is 0. The van der Waals surface area contributed by atoms with Crippen LogP contribution in [0.3, 0.4) is 0 Å². The van der Waals surface area contributed by atoms with Gasteiger partial charge in [0.25, 0.3) is 17.5 Å². The average Bonchev–Trinajstić information content (AvgIpc) is 2.63. The highest BCUT2D eigenvalue weighted by molar-refractivity contribution is 6.21. The quantitative estimate of drug-likeness (QED) is 0.349. The number of nitro benzene ring substituents is 1. The van der Waals surface area contributed by atoms with Gasteiger partial charge < -0.3 is 0 Å². The van der Waals surface area contributed by atoms with Gasteiger partial charge in [-0.2, -0.15) is 0 Å². The summed E-state index contributed by atoms with van der Waals surface area (Å²) in [4.78, 5) is 45.2. The summed E-state index contributed by atoms with van der Waals surface area (Å²) < 4.78 is 0. The van der Waals surface area contributed by atoms with Crippen molar-refractivity contribution in [2.24, 2.45) is 0 Å². The van der Waals surface area contributed by atoms with Crippen LogP contribution in [0.2, 0.25) is 0 Å². The molecular weight excluding hydrogens is 252 g/mol. The van der Waals surface area contributed by atoms with Crippen molar-refractivity contribution in [3.8, 4) is 0 Å². The smallest absolute Gasteiger partial charge is 0.269 e.